The van der Waals surface area contributed by atoms with Crippen LogP contribution in [0.4, 0.5) is 5.82 Å². The van der Waals surface area contributed by atoms with Crippen molar-refractivity contribution in [2.24, 2.45) is 5.92 Å². The summed E-state index contributed by atoms with van der Waals surface area (Å²) in [5.41, 5.74) is 2.05. The molecule has 3 N–H and O–H groups in total. The van der Waals surface area contributed by atoms with Gasteiger partial charge in [-0.1, -0.05) is 6.42 Å². The molecule has 0 bridgehead atoms. The molecule has 0 radical (unpaired) electrons. The van der Waals surface area contributed by atoms with Crippen molar-refractivity contribution < 1.29 is 5.11 Å². The molecule has 0 aromatic carbocycles. The molecule has 24 heavy (non-hydrogen) atoms. The molecule has 6 nitrogen and oxygen atoms in total. The first-order valence-electron chi connectivity index (χ1n) is 8.50. The molecule has 1 aliphatic rings. The highest BCUT2D eigenvalue weighted by Gasteiger charge is 2.26. The zero-order valence-corrected chi connectivity index (χ0v) is 14.2. The van der Waals surface area contributed by atoms with Gasteiger partial charge in [-0.05, 0) is 51.2 Å². The highest BCUT2D eigenvalue weighted by Crippen LogP contribution is 2.30. The van der Waals surface area contributed by atoms with Crippen molar-refractivity contribution in [3.05, 3.63) is 39.9 Å². The van der Waals surface area contributed by atoms with Crippen molar-refractivity contribution in [2.45, 2.75) is 45.6 Å². The van der Waals surface area contributed by atoms with Gasteiger partial charge in [0.05, 0.1) is 0 Å². The van der Waals surface area contributed by atoms with E-state index in [9.17, 15) is 4.79 Å². The summed E-state index contributed by atoms with van der Waals surface area (Å²) >= 11 is 0. The first kappa shape index (κ1) is 16.6. The van der Waals surface area contributed by atoms with Gasteiger partial charge in [-0.2, -0.15) is 0 Å². The Morgan fingerprint density at radius 1 is 1.33 bits per heavy atom. The summed E-state index contributed by atoms with van der Waals surface area (Å²) < 4.78 is 0. The topological polar surface area (TPSA) is 90.9 Å². The van der Waals surface area contributed by atoms with Crippen LogP contribution in [0.2, 0.25) is 0 Å². The lowest BCUT2D eigenvalue weighted by Crippen LogP contribution is -2.25. The first-order chi connectivity index (χ1) is 11.6. The van der Waals surface area contributed by atoms with Gasteiger partial charge < -0.3 is 15.4 Å². The molecule has 6 heteroatoms. The van der Waals surface area contributed by atoms with Gasteiger partial charge in [0.2, 0.25) is 0 Å². The summed E-state index contributed by atoms with van der Waals surface area (Å²) in [4.78, 5) is 23.6. The highest BCUT2D eigenvalue weighted by atomic mass is 16.3. The van der Waals surface area contributed by atoms with E-state index < -0.39 is 0 Å². The predicted molar refractivity (Wildman–Crippen MR) is 94.0 cm³/mol. The van der Waals surface area contributed by atoms with E-state index >= 15 is 0 Å². The third-order valence-electron chi connectivity index (χ3n) is 4.92. The normalized spacial score (nSPS) is 20.3. The van der Waals surface area contributed by atoms with Crippen LogP contribution in [0.5, 0.6) is 0 Å². The number of aromatic amines is 1. The molecule has 0 amide bonds. The van der Waals surface area contributed by atoms with E-state index in [0.29, 0.717) is 23.3 Å². The Morgan fingerprint density at radius 3 is 2.83 bits per heavy atom. The van der Waals surface area contributed by atoms with Crippen LogP contribution in [0.3, 0.4) is 0 Å². The van der Waals surface area contributed by atoms with E-state index in [2.05, 4.69) is 20.3 Å². The maximum Gasteiger partial charge on any atom is 0.254 e. The van der Waals surface area contributed by atoms with Crippen molar-refractivity contribution in [2.75, 3.05) is 11.9 Å². The second-order valence-electron chi connectivity index (χ2n) is 6.51. The number of nitrogens with zero attached hydrogens (tertiary/aromatic N) is 2. The Kier molecular flexibility index (Phi) is 4.94. The number of nitrogens with one attached hydrogen (secondary N) is 2. The lowest BCUT2D eigenvalue weighted by Gasteiger charge is -2.20. The zero-order chi connectivity index (χ0) is 17.1. The molecule has 2 heterocycles. The first-order valence-corrected chi connectivity index (χ1v) is 8.50. The van der Waals surface area contributed by atoms with Crippen molar-refractivity contribution in [3.63, 3.8) is 0 Å². The number of anilines is 1. The van der Waals surface area contributed by atoms with E-state index in [-0.39, 0.29) is 12.2 Å². The Bertz CT molecular complexity index is 755. The highest BCUT2D eigenvalue weighted by molar-refractivity contribution is 5.56. The van der Waals surface area contributed by atoms with Gasteiger partial charge in [0.1, 0.15) is 11.6 Å². The molecule has 3 rings (SSSR count). The number of aliphatic hydroxyl groups is 1. The Balaban J connectivity index is 1.75. The van der Waals surface area contributed by atoms with E-state index in [1.807, 2.05) is 19.1 Å². The number of aromatic nitrogens is 3. The van der Waals surface area contributed by atoms with Gasteiger partial charge in [-0.3, -0.25) is 4.79 Å². The van der Waals surface area contributed by atoms with Crippen LogP contribution >= 0.6 is 0 Å². The summed E-state index contributed by atoms with van der Waals surface area (Å²) in [5, 5.41) is 12.6. The van der Waals surface area contributed by atoms with E-state index in [4.69, 9.17) is 5.11 Å². The van der Waals surface area contributed by atoms with Gasteiger partial charge >= 0.3 is 0 Å². The van der Waals surface area contributed by atoms with E-state index in [1.165, 1.54) is 6.42 Å². The molecule has 1 saturated carbocycles. The van der Waals surface area contributed by atoms with Crippen molar-refractivity contribution in [1.82, 2.24) is 15.0 Å². The van der Waals surface area contributed by atoms with Crippen LogP contribution in [0, 0.1) is 19.8 Å². The van der Waals surface area contributed by atoms with Crippen LogP contribution in [0.1, 0.15) is 36.9 Å². The fraction of sp³-hybridized carbons (Fsp3) is 0.500. The van der Waals surface area contributed by atoms with Gasteiger partial charge in [-0.15, -0.1) is 0 Å². The molecular weight excluding hydrogens is 304 g/mol. The lowest BCUT2D eigenvalue weighted by atomic mass is 10.00. The Morgan fingerprint density at radius 2 is 2.17 bits per heavy atom. The molecule has 2 aromatic rings. The predicted octanol–water partition coefficient (Wildman–Crippen LogP) is 2.41. The minimum atomic E-state index is -0.113. The third kappa shape index (κ3) is 3.48. The van der Waals surface area contributed by atoms with Gasteiger partial charge in [0, 0.05) is 35.7 Å². The lowest BCUT2D eigenvalue weighted by molar-refractivity contribution is 0.254. The molecule has 2 unspecified atom stereocenters. The molecule has 1 fully saturated rings. The summed E-state index contributed by atoms with van der Waals surface area (Å²) in [6.45, 7) is 3.83. The Hall–Kier alpha value is -2.21. The summed E-state index contributed by atoms with van der Waals surface area (Å²) in [5.74, 6) is 1.87. The maximum absolute atomic E-state index is 11.9. The van der Waals surface area contributed by atoms with Gasteiger partial charge in [-0.25, -0.2) is 9.97 Å². The number of aliphatic hydroxyl groups excluding tert-OH is 1. The number of H-pyrrole nitrogens is 1. The SMILES string of the molecule is Cc1nc(-c2ccc(NC3CCCC3CCO)nc2)[nH]c(=O)c1C. The fourth-order valence-electron chi connectivity index (χ4n) is 3.33. The molecule has 2 atom stereocenters. The van der Waals surface area contributed by atoms with Crippen LogP contribution in [0.25, 0.3) is 11.4 Å². The molecular formula is C18H24N4O2. The Labute approximate surface area is 141 Å². The number of aryl methyl sites for hydroxylation is 1. The van der Waals surface area contributed by atoms with Crippen LogP contribution in [-0.4, -0.2) is 32.7 Å². The largest absolute Gasteiger partial charge is 0.396 e. The van der Waals surface area contributed by atoms with Crippen molar-refractivity contribution in [3.8, 4) is 11.4 Å². The van der Waals surface area contributed by atoms with Crippen LogP contribution < -0.4 is 10.9 Å². The van der Waals surface area contributed by atoms with Gasteiger partial charge in [0.25, 0.3) is 5.56 Å². The average Bonchev–Trinajstić information content (AvgIpc) is 3.00. The molecule has 128 valence electrons. The second kappa shape index (κ2) is 7.13. The molecule has 1 aliphatic carbocycles. The van der Waals surface area contributed by atoms with E-state index in [0.717, 1.165) is 36.3 Å². The standard InChI is InChI=1S/C18H24N4O2/c1-11-12(2)20-17(22-18(11)24)14-6-7-16(19-10-14)21-15-5-3-4-13(15)8-9-23/h6-7,10,13,15,23H,3-5,8-9H2,1-2H3,(H,19,21)(H,20,22,24). The minimum Gasteiger partial charge on any atom is -0.396 e. The maximum atomic E-state index is 11.9. The van der Waals surface area contributed by atoms with E-state index in [1.54, 1.807) is 13.1 Å². The molecule has 0 saturated heterocycles. The average molecular weight is 328 g/mol. The smallest absolute Gasteiger partial charge is 0.254 e. The van der Waals surface area contributed by atoms with Crippen LogP contribution in [0.15, 0.2) is 23.1 Å². The monoisotopic (exact) mass is 328 g/mol. The number of rotatable bonds is 5. The molecule has 0 aliphatic heterocycles. The summed E-state index contributed by atoms with van der Waals surface area (Å²) in [7, 11) is 0. The summed E-state index contributed by atoms with van der Waals surface area (Å²) in [6.07, 6.45) is 6.02. The minimum absolute atomic E-state index is 0.113. The summed E-state index contributed by atoms with van der Waals surface area (Å²) in [6, 6.07) is 4.20. The zero-order valence-electron chi connectivity index (χ0n) is 14.2. The fourth-order valence-corrected chi connectivity index (χ4v) is 3.33. The van der Waals surface area contributed by atoms with Crippen molar-refractivity contribution in [1.29, 1.82) is 0 Å². The molecule has 0 spiro atoms. The number of pyridine rings is 1. The third-order valence-corrected chi connectivity index (χ3v) is 4.92. The number of hydrogen-bond donors (Lipinski definition) is 3. The van der Waals surface area contributed by atoms with Gasteiger partial charge in [0.15, 0.2) is 0 Å². The van der Waals surface area contributed by atoms with Crippen LogP contribution in [-0.2, 0) is 0 Å². The quantitative estimate of drug-likeness (QED) is 0.784. The van der Waals surface area contributed by atoms with Crippen molar-refractivity contribution >= 4 is 5.82 Å². The molecule has 2 aromatic heterocycles. The number of hydrogen-bond acceptors (Lipinski definition) is 5. The second-order valence-corrected chi connectivity index (χ2v) is 6.51.